The second kappa shape index (κ2) is 7.58. The third-order valence-corrected chi connectivity index (χ3v) is 3.21. The van der Waals surface area contributed by atoms with Crippen LogP contribution < -0.4 is 5.73 Å². The van der Waals surface area contributed by atoms with Crippen LogP contribution in [0.4, 0.5) is 65.9 Å². The normalized spacial score (nSPS) is 15.9. The maximum absolute atomic E-state index is 13.7. The molecular formula is C12H8F15NO2. The minimum absolute atomic E-state index is 0.688. The largest absolute Gasteiger partial charge is 0.491 e. The molecule has 0 aromatic heterocycles. The minimum atomic E-state index is -8.42. The maximum Gasteiger partial charge on any atom is 0.460 e. The van der Waals surface area contributed by atoms with E-state index in [4.69, 9.17) is 0 Å². The van der Waals surface area contributed by atoms with E-state index < -0.39 is 66.1 Å². The highest BCUT2D eigenvalue weighted by atomic mass is 19.4. The second-order valence-corrected chi connectivity index (χ2v) is 5.29. The van der Waals surface area contributed by atoms with Crippen molar-refractivity contribution in [3.63, 3.8) is 0 Å². The summed E-state index contributed by atoms with van der Waals surface area (Å²) < 4.78 is 199. The number of nitrogens with two attached hydrogens (primary N) is 1. The van der Waals surface area contributed by atoms with Gasteiger partial charge in [-0.05, 0) is 6.92 Å². The average molecular weight is 483 g/mol. The lowest BCUT2D eigenvalue weighted by molar-refractivity contribution is -0.451. The number of hydrogen-bond acceptors (Lipinski definition) is 2. The first kappa shape index (κ1) is 28.0. The molecule has 0 aromatic rings. The first-order valence-corrected chi connectivity index (χ1v) is 6.85. The standard InChI is InChI=1S/C12H8F15NO2/c1-2-30-4(3-5(28)29)6(13,14)7(15,16)8(17,18)9(19,20)10(21,22)11(23,24)12(25,26)27/h3H,2H2,1H3,(H2,28,29)/b4-3-. The predicted octanol–water partition coefficient (Wildman–Crippen LogP) is 4.77. The number of amides is 1. The highest BCUT2D eigenvalue weighted by molar-refractivity contribution is 5.86. The fourth-order valence-electron chi connectivity index (χ4n) is 1.63. The van der Waals surface area contributed by atoms with Crippen molar-refractivity contribution in [2.24, 2.45) is 5.73 Å². The molecule has 178 valence electrons. The Morgan fingerprint density at radius 3 is 1.33 bits per heavy atom. The van der Waals surface area contributed by atoms with Gasteiger partial charge in [0, 0.05) is 6.08 Å². The number of primary amides is 1. The van der Waals surface area contributed by atoms with Crippen LogP contribution in [0, 0.1) is 0 Å². The van der Waals surface area contributed by atoms with Crippen LogP contribution in [0.15, 0.2) is 11.8 Å². The predicted molar refractivity (Wildman–Crippen MR) is 64.6 cm³/mol. The molecule has 0 rings (SSSR count). The van der Waals surface area contributed by atoms with E-state index in [1.807, 2.05) is 0 Å². The van der Waals surface area contributed by atoms with Crippen LogP contribution in [0.5, 0.6) is 0 Å². The van der Waals surface area contributed by atoms with Gasteiger partial charge in [0.1, 0.15) is 0 Å². The summed E-state index contributed by atoms with van der Waals surface area (Å²) in [5.41, 5.74) is 4.28. The van der Waals surface area contributed by atoms with E-state index in [2.05, 4.69) is 10.5 Å². The number of allylic oxidation sites excluding steroid dienone is 1. The Balaban J connectivity index is 6.78. The first-order chi connectivity index (χ1) is 12.9. The van der Waals surface area contributed by atoms with Crippen molar-refractivity contribution in [3.05, 3.63) is 11.8 Å². The maximum atomic E-state index is 13.7. The zero-order valence-electron chi connectivity index (χ0n) is 13.8. The van der Waals surface area contributed by atoms with Gasteiger partial charge in [0.15, 0.2) is 5.76 Å². The Morgan fingerprint density at radius 2 is 1.03 bits per heavy atom. The highest BCUT2D eigenvalue weighted by Gasteiger charge is 2.93. The number of carbonyl (C=O) groups excluding carboxylic acids is 1. The molecule has 18 heteroatoms. The minimum Gasteiger partial charge on any atom is -0.491 e. The molecule has 1 amide bonds. The highest BCUT2D eigenvalue weighted by Crippen LogP contribution is 2.63. The van der Waals surface area contributed by atoms with E-state index in [0.717, 1.165) is 0 Å². The molecule has 0 fully saturated rings. The molecule has 0 aliphatic heterocycles. The lowest BCUT2D eigenvalue weighted by atomic mass is 9.90. The molecule has 0 radical (unpaired) electrons. The molecule has 3 nitrogen and oxygen atoms in total. The van der Waals surface area contributed by atoms with Gasteiger partial charge >= 0.3 is 41.7 Å². The molecule has 0 saturated carbocycles. The molecule has 0 heterocycles. The summed E-state index contributed by atoms with van der Waals surface area (Å²) in [5.74, 6) is -52.8. The fourth-order valence-corrected chi connectivity index (χ4v) is 1.63. The Labute approximate surface area is 155 Å². The number of carbonyl (C=O) groups is 1. The number of rotatable bonds is 9. The summed E-state index contributed by atoms with van der Waals surface area (Å²) in [6.07, 6.45) is -8.54. The number of ether oxygens (including phenoxy) is 1. The van der Waals surface area contributed by atoms with E-state index in [1.54, 1.807) is 0 Å². The first-order valence-electron chi connectivity index (χ1n) is 6.85. The van der Waals surface area contributed by atoms with Crippen molar-refractivity contribution in [2.75, 3.05) is 6.61 Å². The van der Waals surface area contributed by atoms with E-state index in [-0.39, 0.29) is 0 Å². The van der Waals surface area contributed by atoms with Crippen molar-refractivity contribution in [1.82, 2.24) is 0 Å². The third-order valence-electron chi connectivity index (χ3n) is 3.21. The smallest absolute Gasteiger partial charge is 0.460 e. The van der Waals surface area contributed by atoms with Gasteiger partial charge in [0.05, 0.1) is 6.61 Å². The van der Waals surface area contributed by atoms with Crippen molar-refractivity contribution in [1.29, 1.82) is 0 Å². The van der Waals surface area contributed by atoms with Crippen LogP contribution in [0.2, 0.25) is 0 Å². The summed E-state index contributed by atoms with van der Waals surface area (Å²) in [4.78, 5) is 10.5. The molecule has 0 saturated heterocycles. The molecule has 0 unspecified atom stereocenters. The fraction of sp³-hybridized carbons (Fsp3) is 0.750. The van der Waals surface area contributed by atoms with Crippen LogP contribution in [-0.2, 0) is 9.53 Å². The van der Waals surface area contributed by atoms with Crippen LogP contribution in [0.3, 0.4) is 0 Å². The second-order valence-electron chi connectivity index (χ2n) is 5.29. The van der Waals surface area contributed by atoms with Crippen molar-refractivity contribution >= 4 is 5.91 Å². The Kier molecular flexibility index (Phi) is 7.06. The molecule has 0 aliphatic carbocycles. The van der Waals surface area contributed by atoms with Gasteiger partial charge in [-0.15, -0.1) is 0 Å². The van der Waals surface area contributed by atoms with Gasteiger partial charge in [-0.1, -0.05) is 0 Å². The molecule has 0 aromatic carbocycles. The number of hydrogen-bond donors (Lipinski definition) is 1. The number of alkyl halides is 15. The SMILES string of the molecule is CCO/C(=C\C(N)=O)C(F)(F)C(F)(F)C(F)(F)C(F)(F)C(F)(F)C(F)(F)C(F)(F)F. The summed E-state index contributed by atoms with van der Waals surface area (Å²) in [6.45, 7) is -0.469. The number of halogens is 15. The van der Waals surface area contributed by atoms with Crippen LogP contribution in [0.25, 0.3) is 0 Å². The molecule has 0 aliphatic rings. The quantitative estimate of drug-likeness (QED) is 0.292. The van der Waals surface area contributed by atoms with Gasteiger partial charge in [0.2, 0.25) is 5.91 Å². The van der Waals surface area contributed by atoms with Crippen LogP contribution in [0.1, 0.15) is 6.92 Å². The molecule has 0 bridgehead atoms. The van der Waals surface area contributed by atoms with E-state index >= 15 is 0 Å². The zero-order valence-corrected chi connectivity index (χ0v) is 13.8. The third kappa shape index (κ3) is 3.83. The Morgan fingerprint density at radius 1 is 0.700 bits per heavy atom. The average Bonchev–Trinajstić information content (AvgIpc) is 2.51. The Bertz CT molecular complexity index is 680. The molecular weight excluding hydrogens is 475 g/mol. The monoisotopic (exact) mass is 483 g/mol. The lowest BCUT2D eigenvalue weighted by Crippen LogP contribution is -2.72. The molecule has 0 atom stereocenters. The summed E-state index contributed by atoms with van der Waals surface area (Å²) in [7, 11) is 0. The van der Waals surface area contributed by atoms with E-state index in [9.17, 15) is 70.7 Å². The van der Waals surface area contributed by atoms with E-state index in [0.29, 0.717) is 6.92 Å². The van der Waals surface area contributed by atoms with Crippen LogP contribution >= 0.6 is 0 Å². The van der Waals surface area contributed by atoms with Gasteiger partial charge < -0.3 is 10.5 Å². The van der Waals surface area contributed by atoms with E-state index in [1.165, 1.54) is 0 Å². The van der Waals surface area contributed by atoms with Crippen molar-refractivity contribution in [3.8, 4) is 0 Å². The van der Waals surface area contributed by atoms with Crippen molar-refractivity contribution in [2.45, 2.75) is 48.6 Å². The lowest BCUT2D eigenvalue weighted by Gasteiger charge is -2.41. The summed E-state index contributed by atoms with van der Waals surface area (Å²) >= 11 is 0. The Hall–Kier alpha value is -2.04. The van der Waals surface area contributed by atoms with Gasteiger partial charge in [0.25, 0.3) is 0 Å². The summed E-state index contributed by atoms with van der Waals surface area (Å²) in [6, 6.07) is 0. The van der Waals surface area contributed by atoms with Gasteiger partial charge in [-0.2, -0.15) is 65.9 Å². The molecule has 2 N–H and O–H groups in total. The van der Waals surface area contributed by atoms with Crippen molar-refractivity contribution < 1.29 is 75.4 Å². The topological polar surface area (TPSA) is 52.3 Å². The molecule has 0 spiro atoms. The van der Waals surface area contributed by atoms with Crippen LogP contribution in [-0.4, -0.2) is 54.2 Å². The van der Waals surface area contributed by atoms with Gasteiger partial charge in [-0.25, -0.2) is 0 Å². The molecule has 30 heavy (non-hydrogen) atoms. The van der Waals surface area contributed by atoms with Gasteiger partial charge in [-0.3, -0.25) is 4.79 Å². The zero-order chi connectivity index (χ0) is 24.8. The summed E-state index contributed by atoms with van der Waals surface area (Å²) in [5, 5.41) is 0.